The molecule has 5 rings (SSSR count). The summed E-state index contributed by atoms with van der Waals surface area (Å²) in [6.07, 6.45) is 4.09. The normalized spacial score (nSPS) is 26.1. The van der Waals surface area contributed by atoms with Crippen LogP contribution in [-0.2, 0) is 11.3 Å². The van der Waals surface area contributed by atoms with Gasteiger partial charge in [-0.3, -0.25) is 9.69 Å². The first-order valence-electron chi connectivity index (χ1n) is 10.2. The van der Waals surface area contributed by atoms with Gasteiger partial charge in [0.1, 0.15) is 34.4 Å². The highest BCUT2D eigenvalue weighted by Crippen LogP contribution is 2.59. The number of amides is 1. The SMILES string of the molecule is Cc1ccc(Br)nc1NC(=O)[C@@H]1C[C@@]2(C)C[C@H]2N1C(O)Cn1ccc2c(N)ncnc21. The van der Waals surface area contributed by atoms with Crippen LogP contribution in [0.4, 0.5) is 11.6 Å². The van der Waals surface area contributed by atoms with Gasteiger partial charge in [-0.05, 0) is 58.8 Å². The highest BCUT2D eigenvalue weighted by molar-refractivity contribution is 9.10. The number of piperidine rings is 1. The van der Waals surface area contributed by atoms with Crippen molar-refractivity contribution in [2.75, 3.05) is 11.1 Å². The monoisotopic (exact) mass is 485 g/mol. The molecule has 10 heteroatoms. The number of halogens is 1. The Balaban J connectivity index is 1.38. The molecule has 31 heavy (non-hydrogen) atoms. The molecule has 1 aliphatic carbocycles. The van der Waals surface area contributed by atoms with Crippen LogP contribution in [0.3, 0.4) is 0 Å². The predicted octanol–water partition coefficient (Wildman–Crippen LogP) is 2.29. The van der Waals surface area contributed by atoms with Crippen LogP contribution in [0.15, 0.2) is 35.3 Å². The van der Waals surface area contributed by atoms with Crippen LogP contribution < -0.4 is 11.1 Å². The van der Waals surface area contributed by atoms with Crippen LogP contribution in [0.1, 0.15) is 25.3 Å². The fraction of sp³-hybridized carbons (Fsp3) is 0.429. The zero-order valence-corrected chi connectivity index (χ0v) is 18.9. The molecule has 1 unspecified atom stereocenters. The average molecular weight is 486 g/mol. The van der Waals surface area contributed by atoms with Crippen molar-refractivity contribution in [1.82, 2.24) is 24.4 Å². The van der Waals surface area contributed by atoms with Gasteiger partial charge >= 0.3 is 0 Å². The summed E-state index contributed by atoms with van der Waals surface area (Å²) in [5, 5.41) is 14.9. The van der Waals surface area contributed by atoms with Crippen molar-refractivity contribution in [2.45, 2.75) is 51.5 Å². The first kappa shape index (κ1) is 20.3. The summed E-state index contributed by atoms with van der Waals surface area (Å²) in [4.78, 5) is 27.8. The Morgan fingerprint density at radius 2 is 2.19 bits per heavy atom. The molecule has 1 amide bonds. The minimum absolute atomic E-state index is 0.0497. The molecule has 1 aliphatic heterocycles. The number of nitrogen functional groups attached to an aromatic ring is 1. The standard InChI is InChI=1S/C21H24BrN7O2/c1-11-3-4-15(22)26-18(11)27-20(31)13-7-21(2)8-14(21)29(13)16(30)9-28-6-5-12-17(23)24-10-25-19(12)28/h3-6,10,13-14,16,30H,7-9H2,1-2H3,(H2,23,24,25)(H,26,27,31)/t13-,14+,16?,21-/m0/s1. The fourth-order valence-corrected chi connectivity index (χ4v) is 5.06. The Bertz CT molecular complexity index is 1180. The number of rotatable bonds is 5. The van der Waals surface area contributed by atoms with Crippen molar-refractivity contribution in [3.63, 3.8) is 0 Å². The number of pyridine rings is 1. The molecule has 0 aromatic carbocycles. The number of fused-ring (bicyclic) bond motifs is 2. The van der Waals surface area contributed by atoms with Gasteiger partial charge in [0.05, 0.1) is 18.0 Å². The van der Waals surface area contributed by atoms with Gasteiger partial charge in [0.15, 0.2) is 0 Å². The van der Waals surface area contributed by atoms with Crippen LogP contribution in [0.25, 0.3) is 11.0 Å². The van der Waals surface area contributed by atoms with E-state index in [2.05, 4.69) is 43.1 Å². The number of aliphatic hydroxyl groups excluding tert-OH is 1. The quantitative estimate of drug-likeness (QED) is 0.473. The summed E-state index contributed by atoms with van der Waals surface area (Å²) in [7, 11) is 0. The smallest absolute Gasteiger partial charge is 0.243 e. The van der Waals surface area contributed by atoms with Gasteiger partial charge < -0.3 is 20.7 Å². The van der Waals surface area contributed by atoms with Crippen molar-refractivity contribution in [1.29, 1.82) is 0 Å². The molecule has 2 fully saturated rings. The Hall–Kier alpha value is -2.56. The van der Waals surface area contributed by atoms with E-state index in [1.54, 1.807) is 0 Å². The van der Waals surface area contributed by atoms with Gasteiger partial charge in [-0.25, -0.2) is 15.0 Å². The van der Waals surface area contributed by atoms with E-state index in [-0.39, 0.29) is 23.9 Å². The van der Waals surface area contributed by atoms with E-state index in [0.717, 1.165) is 17.4 Å². The Kier molecular flexibility index (Phi) is 4.76. The molecule has 3 aromatic heterocycles. The Morgan fingerprint density at radius 3 is 3.00 bits per heavy atom. The van der Waals surface area contributed by atoms with Gasteiger partial charge in [-0.2, -0.15) is 0 Å². The molecule has 0 bridgehead atoms. The lowest BCUT2D eigenvalue weighted by Gasteiger charge is -2.31. The third-order valence-corrected chi connectivity index (χ3v) is 7.02. The second-order valence-corrected chi connectivity index (χ2v) is 9.59. The summed E-state index contributed by atoms with van der Waals surface area (Å²) in [6.45, 7) is 4.36. The predicted molar refractivity (Wildman–Crippen MR) is 120 cm³/mol. The number of carbonyl (C=O) groups is 1. The second-order valence-electron chi connectivity index (χ2n) is 8.77. The lowest BCUT2D eigenvalue weighted by atomic mass is 10.0. The van der Waals surface area contributed by atoms with Crippen LogP contribution in [0.2, 0.25) is 0 Å². The van der Waals surface area contributed by atoms with Crippen molar-refractivity contribution >= 4 is 44.5 Å². The molecule has 4 heterocycles. The number of nitrogens with zero attached hydrogens (tertiary/aromatic N) is 5. The summed E-state index contributed by atoms with van der Waals surface area (Å²) >= 11 is 3.35. The minimum Gasteiger partial charge on any atom is -0.383 e. The number of carbonyl (C=O) groups excluding carboxylic acids is 1. The van der Waals surface area contributed by atoms with E-state index in [1.807, 2.05) is 40.8 Å². The Labute approximate surface area is 187 Å². The average Bonchev–Trinajstić information content (AvgIpc) is 3.06. The first-order chi connectivity index (χ1) is 14.8. The third kappa shape index (κ3) is 3.48. The molecule has 3 aromatic rings. The highest BCUT2D eigenvalue weighted by atomic mass is 79.9. The number of hydrogen-bond donors (Lipinski definition) is 3. The zero-order chi connectivity index (χ0) is 21.9. The van der Waals surface area contributed by atoms with Crippen molar-refractivity contribution in [2.24, 2.45) is 5.41 Å². The van der Waals surface area contributed by atoms with Gasteiger partial charge in [-0.1, -0.05) is 13.0 Å². The van der Waals surface area contributed by atoms with E-state index < -0.39 is 12.3 Å². The zero-order valence-electron chi connectivity index (χ0n) is 17.3. The molecule has 0 radical (unpaired) electrons. The number of nitrogens with one attached hydrogen (secondary N) is 1. The van der Waals surface area contributed by atoms with Crippen molar-refractivity contribution in [3.8, 4) is 0 Å². The maximum absolute atomic E-state index is 13.2. The van der Waals surface area contributed by atoms with Crippen molar-refractivity contribution < 1.29 is 9.90 Å². The first-order valence-corrected chi connectivity index (χ1v) is 11.0. The van der Waals surface area contributed by atoms with Gasteiger partial charge in [0.2, 0.25) is 5.91 Å². The molecular weight excluding hydrogens is 462 g/mol. The number of anilines is 2. The third-order valence-electron chi connectivity index (χ3n) is 6.58. The van der Waals surface area contributed by atoms with Crippen LogP contribution in [-0.4, -0.2) is 53.7 Å². The van der Waals surface area contributed by atoms with Crippen LogP contribution >= 0.6 is 15.9 Å². The number of aryl methyl sites for hydroxylation is 1. The van der Waals surface area contributed by atoms with Gasteiger partial charge in [-0.15, -0.1) is 0 Å². The van der Waals surface area contributed by atoms with E-state index in [9.17, 15) is 9.90 Å². The molecule has 162 valence electrons. The minimum atomic E-state index is -0.839. The lowest BCUT2D eigenvalue weighted by molar-refractivity contribution is -0.126. The number of aliphatic hydroxyl groups is 1. The maximum Gasteiger partial charge on any atom is 0.243 e. The van der Waals surface area contributed by atoms with E-state index >= 15 is 0 Å². The molecule has 1 saturated heterocycles. The largest absolute Gasteiger partial charge is 0.383 e. The number of aromatic nitrogens is 4. The van der Waals surface area contributed by atoms with Crippen LogP contribution in [0.5, 0.6) is 0 Å². The van der Waals surface area contributed by atoms with Gasteiger partial charge in [0, 0.05) is 12.2 Å². The molecule has 4 atom stereocenters. The topological polar surface area (TPSA) is 122 Å². The van der Waals surface area contributed by atoms with E-state index in [0.29, 0.717) is 28.3 Å². The lowest BCUT2D eigenvalue weighted by Crippen LogP contribution is -2.49. The molecule has 1 saturated carbocycles. The van der Waals surface area contributed by atoms with E-state index in [4.69, 9.17) is 5.73 Å². The summed E-state index contributed by atoms with van der Waals surface area (Å²) in [5.41, 5.74) is 7.53. The molecule has 9 nitrogen and oxygen atoms in total. The summed E-state index contributed by atoms with van der Waals surface area (Å²) in [5.74, 6) is 0.788. The maximum atomic E-state index is 13.2. The van der Waals surface area contributed by atoms with Gasteiger partial charge in [0.25, 0.3) is 0 Å². The fourth-order valence-electron chi connectivity index (χ4n) is 4.75. The number of nitrogens with two attached hydrogens (primary N) is 1. The van der Waals surface area contributed by atoms with Crippen LogP contribution in [0, 0.1) is 12.3 Å². The molecule has 0 spiro atoms. The second kappa shape index (κ2) is 7.25. The number of likely N-dealkylation sites (tertiary alicyclic amines) is 1. The Morgan fingerprint density at radius 1 is 1.39 bits per heavy atom. The van der Waals surface area contributed by atoms with Crippen molar-refractivity contribution in [3.05, 3.63) is 40.9 Å². The van der Waals surface area contributed by atoms with E-state index in [1.165, 1.54) is 6.33 Å². The summed E-state index contributed by atoms with van der Waals surface area (Å²) < 4.78 is 2.51. The molecule has 4 N–H and O–H groups in total. The molecule has 2 aliphatic rings. The summed E-state index contributed by atoms with van der Waals surface area (Å²) in [6, 6.07) is 5.33. The number of hydrogen-bond acceptors (Lipinski definition) is 7. The highest BCUT2D eigenvalue weighted by Gasteiger charge is 2.64. The molecular formula is C21H24BrN7O2.